The molecule has 4 rings (SSSR count). The molecule has 2 aromatic rings. The Hall–Kier alpha value is -2.91. The summed E-state index contributed by atoms with van der Waals surface area (Å²) in [6, 6.07) is 1.53. The van der Waals surface area contributed by atoms with Gasteiger partial charge in [-0.15, -0.1) is 0 Å². The van der Waals surface area contributed by atoms with E-state index in [0.29, 0.717) is 12.4 Å². The lowest BCUT2D eigenvalue weighted by Gasteiger charge is -2.35. The van der Waals surface area contributed by atoms with Crippen molar-refractivity contribution in [2.75, 3.05) is 5.32 Å². The minimum Gasteiger partial charge on any atom is -0.333 e. The summed E-state index contributed by atoms with van der Waals surface area (Å²) in [5.41, 5.74) is 2.51. The van der Waals surface area contributed by atoms with Crippen molar-refractivity contribution in [3.63, 3.8) is 0 Å². The zero-order valence-corrected chi connectivity index (χ0v) is 16.7. The van der Waals surface area contributed by atoms with Crippen LogP contribution in [0.4, 0.5) is 24.8 Å². The van der Waals surface area contributed by atoms with Crippen molar-refractivity contribution in [3.8, 4) is 0 Å². The lowest BCUT2D eigenvalue weighted by atomic mass is 9.97. The van der Waals surface area contributed by atoms with Crippen molar-refractivity contribution >= 4 is 23.1 Å². The van der Waals surface area contributed by atoms with Crippen molar-refractivity contribution in [1.82, 2.24) is 24.6 Å². The molecule has 2 aliphatic rings. The van der Waals surface area contributed by atoms with Crippen LogP contribution in [-0.4, -0.2) is 48.8 Å². The summed E-state index contributed by atoms with van der Waals surface area (Å²) in [5, 5.41) is 7.19. The topological polar surface area (TPSA) is 75.9 Å². The number of anilines is 2. The van der Waals surface area contributed by atoms with Gasteiger partial charge in [-0.3, -0.25) is 9.48 Å². The number of hydrogen-bond donors (Lipinski definition) is 1. The molecule has 0 aliphatic carbocycles. The number of nitrogens with one attached hydrogen (secondary N) is 1. The van der Waals surface area contributed by atoms with Crippen LogP contribution in [0.1, 0.15) is 38.3 Å². The molecule has 1 saturated heterocycles. The molecule has 2 aromatic heterocycles. The SMILES string of the molecule is C[C@H](CC(=O)N1C2C=C(c3ccnc(Nc4cnn(C)c4)n3)CC1CC2)C(F)(F)F. The van der Waals surface area contributed by atoms with Crippen LogP contribution in [-0.2, 0) is 11.8 Å². The van der Waals surface area contributed by atoms with Crippen LogP contribution in [0.2, 0.25) is 0 Å². The summed E-state index contributed by atoms with van der Waals surface area (Å²) in [6.07, 6.45) is 4.35. The van der Waals surface area contributed by atoms with Crippen molar-refractivity contribution in [2.45, 2.75) is 50.9 Å². The number of fused-ring (bicyclic) bond motifs is 2. The van der Waals surface area contributed by atoms with Gasteiger partial charge in [-0.25, -0.2) is 9.97 Å². The normalized spacial score (nSPS) is 22.0. The van der Waals surface area contributed by atoms with Crippen molar-refractivity contribution in [3.05, 3.63) is 36.4 Å². The summed E-state index contributed by atoms with van der Waals surface area (Å²) in [5.74, 6) is -1.63. The third-order valence-electron chi connectivity index (χ3n) is 5.67. The fraction of sp³-hybridized carbons (Fsp3) is 0.500. The van der Waals surface area contributed by atoms with E-state index >= 15 is 0 Å². The lowest BCUT2D eigenvalue weighted by Crippen LogP contribution is -2.44. The second-order valence-electron chi connectivity index (χ2n) is 7.94. The highest BCUT2D eigenvalue weighted by atomic mass is 19.4. The highest BCUT2D eigenvalue weighted by molar-refractivity contribution is 5.80. The van der Waals surface area contributed by atoms with E-state index in [-0.39, 0.29) is 12.1 Å². The van der Waals surface area contributed by atoms with E-state index in [1.54, 1.807) is 22.0 Å². The number of amides is 1. The number of nitrogens with zero attached hydrogens (tertiary/aromatic N) is 5. The number of rotatable bonds is 5. The highest BCUT2D eigenvalue weighted by Crippen LogP contribution is 2.39. The predicted molar refractivity (Wildman–Crippen MR) is 105 cm³/mol. The molecule has 10 heteroatoms. The van der Waals surface area contributed by atoms with Gasteiger partial charge in [0.2, 0.25) is 11.9 Å². The van der Waals surface area contributed by atoms with E-state index in [9.17, 15) is 18.0 Å². The van der Waals surface area contributed by atoms with Crippen LogP contribution >= 0.6 is 0 Å². The van der Waals surface area contributed by atoms with Crippen LogP contribution < -0.4 is 5.32 Å². The predicted octanol–water partition coefficient (Wildman–Crippen LogP) is 3.69. The highest BCUT2D eigenvalue weighted by Gasteiger charge is 2.43. The maximum atomic E-state index is 12.9. The molecule has 0 spiro atoms. The first kappa shape index (κ1) is 20.4. The average Bonchev–Trinajstić information content (AvgIpc) is 3.20. The molecule has 7 nitrogen and oxygen atoms in total. The monoisotopic (exact) mass is 420 g/mol. The van der Waals surface area contributed by atoms with Crippen LogP contribution in [0.5, 0.6) is 0 Å². The summed E-state index contributed by atoms with van der Waals surface area (Å²) < 4.78 is 40.2. The molecule has 2 bridgehead atoms. The molecule has 1 fully saturated rings. The Labute approximate surface area is 172 Å². The number of carbonyl (C=O) groups excluding carboxylic acids is 1. The summed E-state index contributed by atoms with van der Waals surface area (Å²) in [6.45, 7) is 1.06. The van der Waals surface area contributed by atoms with Crippen LogP contribution in [0.25, 0.3) is 5.57 Å². The molecular weight excluding hydrogens is 397 g/mol. The Balaban J connectivity index is 1.49. The van der Waals surface area contributed by atoms with Gasteiger partial charge >= 0.3 is 6.18 Å². The van der Waals surface area contributed by atoms with Gasteiger partial charge in [0.1, 0.15) is 0 Å². The lowest BCUT2D eigenvalue weighted by molar-refractivity contribution is -0.177. The van der Waals surface area contributed by atoms with Gasteiger partial charge in [0, 0.05) is 31.9 Å². The van der Waals surface area contributed by atoms with Crippen LogP contribution in [0.3, 0.4) is 0 Å². The summed E-state index contributed by atoms with van der Waals surface area (Å²) in [4.78, 5) is 23.0. The Morgan fingerprint density at radius 2 is 2.17 bits per heavy atom. The molecule has 30 heavy (non-hydrogen) atoms. The fourth-order valence-corrected chi connectivity index (χ4v) is 4.10. The smallest absolute Gasteiger partial charge is 0.333 e. The van der Waals surface area contributed by atoms with Gasteiger partial charge < -0.3 is 10.2 Å². The van der Waals surface area contributed by atoms with Gasteiger partial charge in [0.05, 0.1) is 29.5 Å². The average molecular weight is 420 g/mol. The molecule has 0 aromatic carbocycles. The zero-order chi connectivity index (χ0) is 21.5. The third-order valence-corrected chi connectivity index (χ3v) is 5.67. The molecule has 3 atom stereocenters. The molecule has 0 radical (unpaired) electrons. The van der Waals surface area contributed by atoms with E-state index in [1.165, 1.54) is 0 Å². The zero-order valence-electron chi connectivity index (χ0n) is 16.7. The summed E-state index contributed by atoms with van der Waals surface area (Å²) in [7, 11) is 1.81. The number of aromatic nitrogens is 4. The van der Waals surface area contributed by atoms with E-state index < -0.39 is 24.4 Å². The minimum atomic E-state index is -4.36. The quantitative estimate of drug-likeness (QED) is 0.799. The first-order valence-electron chi connectivity index (χ1n) is 9.88. The molecule has 1 amide bonds. The van der Waals surface area contributed by atoms with E-state index in [1.807, 2.05) is 25.4 Å². The Morgan fingerprint density at radius 1 is 1.37 bits per heavy atom. The first-order chi connectivity index (χ1) is 14.2. The van der Waals surface area contributed by atoms with Crippen LogP contribution in [0, 0.1) is 5.92 Å². The standard InChI is InChI=1S/C20H23F3N6O/c1-12(20(21,22)23)7-18(30)29-15-3-4-16(29)9-13(8-15)17-5-6-24-19(27-17)26-14-10-25-28(2)11-14/h5-6,8,10-12,15-16H,3-4,7,9H2,1-2H3,(H,24,26,27)/t12-,15?,16?/m1/s1. The number of carbonyl (C=O) groups is 1. The first-order valence-corrected chi connectivity index (χ1v) is 9.88. The largest absolute Gasteiger partial charge is 0.392 e. The van der Waals surface area contributed by atoms with Crippen molar-refractivity contribution < 1.29 is 18.0 Å². The molecule has 1 N–H and O–H groups in total. The number of aryl methyl sites for hydroxylation is 1. The molecule has 160 valence electrons. The van der Waals surface area contributed by atoms with Crippen LogP contribution in [0.15, 0.2) is 30.7 Å². The Morgan fingerprint density at radius 3 is 2.83 bits per heavy atom. The molecule has 0 saturated carbocycles. The van der Waals surface area contributed by atoms with E-state index in [4.69, 9.17) is 0 Å². The third kappa shape index (κ3) is 4.17. The number of hydrogen-bond acceptors (Lipinski definition) is 5. The molecule has 4 heterocycles. The second kappa shape index (κ2) is 7.73. The van der Waals surface area contributed by atoms with E-state index in [0.717, 1.165) is 36.7 Å². The number of halogens is 3. The van der Waals surface area contributed by atoms with Gasteiger partial charge in [-0.05, 0) is 30.9 Å². The molecule has 2 unspecified atom stereocenters. The van der Waals surface area contributed by atoms with Crippen molar-refractivity contribution in [1.29, 1.82) is 0 Å². The maximum absolute atomic E-state index is 12.9. The molecule has 2 aliphatic heterocycles. The Bertz CT molecular complexity index is 969. The Kier molecular flexibility index (Phi) is 5.25. The maximum Gasteiger partial charge on any atom is 0.392 e. The van der Waals surface area contributed by atoms with Crippen molar-refractivity contribution in [2.24, 2.45) is 13.0 Å². The minimum absolute atomic E-state index is 0.0902. The fourth-order valence-electron chi connectivity index (χ4n) is 4.10. The van der Waals surface area contributed by atoms with Gasteiger partial charge in [0.25, 0.3) is 0 Å². The van der Waals surface area contributed by atoms with Gasteiger partial charge in [-0.1, -0.05) is 13.0 Å². The van der Waals surface area contributed by atoms with Gasteiger partial charge in [-0.2, -0.15) is 18.3 Å². The second-order valence-corrected chi connectivity index (χ2v) is 7.94. The number of alkyl halides is 3. The van der Waals surface area contributed by atoms with Gasteiger partial charge in [0.15, 0.2) is 0 Å². The van der Waals surface area contributed by atoms with E-state index in [2.05, 4.69) is 20.4 Å². The summed E-state index contributed by atoms with van der Waals surface area (Å²) >= 11 is 0. The molecular formula is C20H23F3N6O.